The van der Waals surface area contributed by atoms with E-state index in [2.05, 4.69) is 10.4 Å². The lowest BCUT2D eigenvalue weighted by molar-refractivity contribution is -0.128. The Kier molecular flexibility index (Phi) is 4.57. The van der Waals surface area contributed by atoms with Gasteiger partial charge in [-0.1, -0.05) is 23.7 Å². The zero-order valence-electron chi connectivity index (χ0n) is 13.6. The van der Waals surface area contributed by atoms with E-state index in [1.165, 1.54) is 0 Å². The third-order valence-electron chi connectivity index (χ3n) is 4.34. The predicted octanol–water partition coefficient (Wildman–Crippen LogP) is 1.91. The molecule has 2 amide bonds. The number of amides is 2. The van der Waals surface area contributed by atoms with Gasteiger partial charge in [-0.2, -0.15) is 5.10 Å². The maximum Gasteiger partial charge on any atom is 0.226 e. The van der Waals surface area contributed by atoms with Crippen molar-refractivity contribution in [1.82, 2.24) is 20.0 Å². The molecule has 1 saturated heterocycles. The largest absolute Gasteiger partial charge is 0.352 e. The minimum absolute atomic E-state index is 0.0403. The lowest BCUT2D eigenvalue weighted by Crippen LogP contribution is -2.34. The summed E-state index contributed by atoms with van der Waals surface area (Å²) in [6, 6.07) is 7.01. The minimum Gasteiger partial charge on any atom is -0.352 e. The Balaban J connectivity index is 1.76. The first-order chi connectivity index (χ1) is 11.5. The van der Waals surface area contributed by atoms with E-state index in [9.17, 15) is 9.59 Å². The van der Waals surface area contributed by atoms with Crippen molar-refractivity contribution in [3.63, 3.8) is 0 Å². The van der Waals surface area contributed by atoms with E-state index < -0.39 is 5.92 Å². The summed E-state index contributed by atoms with van der Waals surface area (Å²) in [5.74, 6) is -0.610. The molecule has 0 unspecified atom stereocenters. The van der Waals surface area contributed by atoms with Crippen molar-refractivity contribution in [3.05, 3.63) is 52.8 Å². The Labute approximate surface area is 145 Å². The van der Waals surface area contributed by atoms with Gasteiger partial charge in [0.15, 0.2) is 0 Å². The summed E-state index contributed by atoms with van der Waals surface area (Å²) in [7, 11) is 3.55. The molecule has 0 bridgehead atoms. The zero-order valence-corrected chi connectivity index (χ0v) is 14.3. The van der Waals surface area contributed by atoms with Gasteiger partial charge in [-0.3, -0.25) is 14.3 Å². The summed E-state index contributed by atoms with van der Waals surface area (Å²) in [6.07, 6.45) is 3.76. The van der Waals surface area contributed by atoms with Gasteiger partial charge in [0, 0.05) is 43.8 Å². The quantitative estimate of drug-likeness (QED) is 0.919. The molecule has 1 N–H and O–H groups in total. The Morgan fingerprint density at radius 1 is 1.42 bits per heavy atom. The number of rotatable bonds is 4. The number of nitrogens with zero attached hydrogens (tertiary/aromatic N) is 3. The van der Waals surface area contributed by atoms with E-state index in [4.69, 9.17) is 11.6 Å². The SMILES string of the molecule is CN1C(=O)C[C@H](C(=O)NCc2cnn(C)c2)[C@@H]1c1cccc(Cl)c1. The lowest BCUT2D eigenvalue weighted by Gasteiger charge is -2.25. The topological polar surface area (TPSA) is 67.2 Å². The van der Waals surface area contributed by atoms with Crippen LogP contribution in [0.15, 0.2) is 36.7 Å². The molecule has 1 aromatic heterocycles. The van der Waals surface area contributed by atoms with Gasteiger partial charge in [-0.15, -0.1) is 0 Å². The molecule has 7 heteroatoms. The Morgan fingerprint density at radius 3 is 2.88 bits per heavy atom. The van der Waals surface area contributed by atoms with Crippen LogP contribution in [-0.2, 0) is 23.2 Å². The van der Waals surface area contributed by atoms with Crippen LogP contribution in [0.4, 0.5) is 0 Å². The van der Waals surface area contributed by atoms with Crippen molar-refractivity contribution in [3.8, 4) is 0 Å². The highest BCUT2D eigenvalue weighted by Crippen LogP contribution is 2.37. The van der Waals surface area contributed by atoms with Crippen LogP contribution < -0.4 is 5.32 Å². The van der Waals surface area contributed by atoms with Crippen LogP contribution >= 0.6 is 11.6 Å². The van der Waals surface area contributed by atoms with Crippen LogP contribution in [-0.4, -0.2) is 33.5 Å². The average molecular weight is 347 g/mol. The maximum atomic E-state index is 12.6. The molecule has 3 rings (SSSR count). The van der Waals surface area contributed by atoms with Gasteiger partial charge in [0.2, 0.25) is 11.8 Å². The van der Waals surface area contributed by atoms with Gasteiger partial charge in [0.05, 0.1) is 18.2 Å². The fourth-order valence-electron chi connectivity index (χ4n) is 3.13. The molecule has 0 saturated carbocycles. The van der Waals surface area contributed by atoms with Crippen molar-refractivity contribution in [1.29, 1.82) is 0 Å². The van der Waals surface area contributed by atoms with Crippen LogP contribution in [0.3, 0.4) is 0 Å². The molecule has 0 aliphatic carbocycles. The van der Waals surface area contributed by atoms with Crippen molar-refractivity contribution in [2.24, 2.45) is 13.0 Å². The number of aryl methyl sites for hydroxylation is 1. The summed E-state index contributed by atoms with van der Waals surface area (Å²) in [5.41, 5.74) is 1.79. The second-order valence-electron chi connectivity index (χ2n) is 6.06. The molecule has 2 aromatic rings. The highest BCUT2D eigenvalue weighted by atomic mass is 35.5. The summed E-state index contributed by atoms with van der Waals surface area (Å²) in [6.45, 7) is 0.392. The third-order valence-corrected chi connectivity index (χ3v) is 4.57. The fourth-order valence-corrected chi connectivity index (χ4v) is 3.33. The average Bonchev–Trinajstić information content (AvgIpc) is 3.09. The Hall–Kier alpha value is -2.34. The van der Waals surface area contributed by atoms with E-state index in [0.717, 1.165) is 11.1 Å². The summed E-state index contributed by atoms with van der Waals surface area (Å²) >= 11 is 6.06. The van der Waals surface area contributed by atoms with Crippen LogP contribution in [0.1, 0.15) is 23.6 Å². The van der Waals surface area contributed by atoms with Gasteiger partial charge in [0.1, 0.15) is 0 Å². The highest BCUT2D eigenvalue weighted by molar-refractivity contribution is 6.30. The maximum absolute atomic E-state index is 12.6. The van der Waals surface area contributed by atoms with E-state index in [-0.39, 0.29) is 24.3 Å². The van der Waals surface area contributed by atoms with Gasteiger partial charge in [-0.25, -0.2) is 0 Å². The lowest BCUT2D eigenvalue weighted by atomic mass is 9.93. The first-order valence-corrected chi connectivity index (χ1v) is 8.10. The molecule has 126 valence electrons. The zero-order chi connectivity index (χ0) is 17.3. The number of hydrogen-bond acceptors (Lipinski definition) is 3. The number of carbonyl (C=O) groups is 2. The van der Waals surface area contributed by atoms with Crippen molar-refractivity contribution in [2.75, 3.05) is 7.05 Å². The van der Waals surface area contributed by atoms with E-state index in [1.807, 2.05) is 31.4 Å². The van der Waals surface area contributed by atoms with Gasteiger partial charge in [0.25, 0.3) is 0 Å². The molecule has 1 fully saturated rings. The van der Waals surface area contributed by atoms with Crippen molar-refractivity contribution >= 4 is 23.4 Å². The number of hydrogen-bond donors (Lipinski definition) is 1. The Morgan fingerprint density at radius 2 is 2.21 bits per heavy atom. The second kappa shape index (κ2) is 6.65. The second-order valence-corrected chi connectivity index (χ2v) is 6.49. The van der Waals surface area contributed by atoms with Crippen LogP contribution in [0.5, 0.6) is 0 Å². The molecule has 24 heavy (non-hydrogen) atoms. The molecule has 1 aliphatic rings. The molecule has 6 nitrogen and oxygen atoms in total. The summed E-state index contributed by atoms with van der Waals surface area (Å²) < 4.78 is 1.68. The molecule has 1 aromatic carbocycles. The fraction of sp³-hybridized carbons (Fsp3) is 0.353. The Bertz CT molecular complexity index is 773. The van der Waals surface area contributed by atoms with E-state index in [1.54, 1.807) is 28.9 Å². The molecule has 1 aliphatic heterocycles. The van der Waals surface area contributed by atoms with Gasteiger partial charge >= 0.3 is 0 Å². The molecular weight excluding hydrogens is 328 g/mol. The molecular formula is C17H19ClN4O2. The summed E-state index contributed by atoms with van der Waals surface area (Å²) in [5, 5.41) is 7.57. The predicted molar refractivity (Wildman–Crippen MR) is 90.1 cm³/mol. The number of aromatic nitrogens is 2. The normalized spacial score (nSPS) is 20.5. The number of nitrogens with one attached hydrogen (secondary N) is 1. The molecule has 0 spiro atoms. The van der Waals surface area contributed by atoms with Crippen molar-refractivity contribution in [2.45, 2.75) is 19.0 Å². The van der Waals surface area contributed by atoms with Crippen LogP contribution in [0.25, 0.3) is 0 Å². The first kappa shape index (κ1) is 16.5. The smallest absolute Gasteiger partial charge is 0.226 e. The molecule has 0 radical (unpaired) electrons. The first-order valence-electron chi connectivity index (χ1n) is 7.72. The monoisotopic (exact) mass is 346 g/mol. The highest BCUT2D eigenvalue weighted by Gasteiger charge is 2.42. The third kappa shape index (κ3) is 3.28. The summed E-state index contributed by atoms with van der Waals surface area (Å²) in [4.78, 5) is 26.4. The number of benzene rings is 1. The van der Waals surface area contributed by atoms with Crippen LogP contribution in [0.2, 0.25) is 5.02 Å². The van der Waals surface area contributed by atoms with E-state index in [0.29, 0.717) is 11.6 Å². The van der Waals surface area contributed by atoms with E-state index >= 15 is 0 Å². The number of carbonyl (C=O) groups excluding carboxylic acids is 2. The molecule has 2 heterocycles. The number of halogens is 1. The standard InChI is InChI=1S/C17H19ClN4O2/c1-21-10-11(9-20-21)8-19-17(24)14-7-15(23)22(2)16(14)12-4-3-5-13(18)6-12/h3-6,9-10,14,16H,7-8H2,1-2H3,(H,19,24)/t14-,16-/m0/s1. The minimum atomic E-state index is -0.433. The van der Waals surface area contributed by atoms with Gasteiger partial charge < -0.3 is 10.2 Å². The van der Waals surface area contributed by atoms with Crippen LogP contribution in [0, 0.1) is 5.92 Å². The number of likely N-dealkylation sites (tertiary alicyclic amines) is 1. The van der Waals surface area contributed by atoms with Crippen molar-refractivity contribution < 1.29 is 9.59 Å². The van der Waals surface area contributed by atoms with Gasteiger partial charge in [-0.05, 0) is 17.7 Å². The molecule has 2 atom stereocenters.